The number of nitrogens with zero attached hydrogens (tertiary/aromatic N) is 6. The normalized spacial score (nSPS) is 24.5. The van der Waals surface area contributed by atoms with Crippen molar-refractivity contribution in [1.82, 2.24) is 30.0 Å². The molecule has 2 aliphatic carbocycles. The van der Waals surface area contributed by atoms with Crippen molar-refractivity contribution >= 4 is 18.0 Å². The standard InChI is InChI=1S/C35H47N9O4/c1-23(15-38-22-37)48-32-13-26(5-6-27(32)14-36)28-16-39-34(40-17-28)41-31-20-44(42-33(31)46-21-35(45)11-4-12-35)30-9-7-29(8-10-30)43-18-24(2)47-25(3)19-43/h5-6,13,16-17,20,22-25,29-30,45H,4,7-12,15,18-19,21H2,1-3H3,(H2,37,38)(H,39,40,41)/t23-,24+,25?,29-,30-/m0/s1. The van der Waals surface area contributed by atoms with Crippen LogP contribution in [0.4, 0.5) is 11.6 Å². The molecule has 0 radical (unpaired) electrons. The summed E-state index contributed by atoms with van der Waals surface area (Å²) in [6, 6.07) is 8.36. The Hall–Kier alpha value is -4.25. The average Bonchev–Trinajstić information content (AvgIpc) is 3.47. The average molecular weight is 658 g/mol. The van der Waals surface area contributed by atoms with Crippen LogP contribution in [0.3, 0.4) is 0 Å². The number of aliphatic hydroxyl groups is 1. The maximum absolute atomic E-state index is 10.7. The molecule has 3 aliphatic rings. The summed E-state index contributed by atoms with van der Waals surface area (Å²) in [5.74, 6) is 1.28. The summed E-state index contributed by atoms with van der Waals surface area (Å²) in [7, 11) is 0. The number of hydrogen-bond acceptors (Lipinski definition) is 11. The van der Waals surface area contributed by atoms with Crippen LogP contribution in [0.25, 0.3) is 11.1 Å². The van der Waals surface area contributed by atoms with Gasteiger partial charge in [0.15, 0.2) is 0 Å². The fraction of sp³-hybridized carbons (Fsp3) is 0.571. The Morgan fingerprint density at radius 1 is 1.12 bits per heavy atom. The highest BCUT2D eigenvalue weighted by Crippen LogP contribution is 2.37. The van der Waals surface area contributed by atoms with E-state index in [0.717, 1.165) is 75.5 Å². The highest BCUT2D eigenvalue weighted by Gasteiger charge is 2.36. The summed E-state index contributed by atoms with van der Waals surface area (Å²) in [5.41, 5.74) is 1.85. The lowest BCUT2D eigenvalue weighted by Crippen LogP contribution is -2.51. The summed E-state index contributed by atoms with van der Waals surface area (Å²) < 4.78 is 20.1. The van der Waals surface area contributed by atoms with Crippen LogP contribution >= 0.6 is 0 Å². The first-order valence-electron chi connectivity index (χ1n) is 17.1. The second-order valence-electron chi connectivity index (χ2n) is 13.6. The van der Waals surface area contributed by atoms with Gasteiger partial charge in [-0.2, -0.15) is 5.26 Å². The highest BCUT2D eigenvalue weighted by atomic mass is 16.5. The predicted octanol–water partition coefficient (Wildman–Crippen LogP) is 4.81. The minimum absolute atomic E-state index is 0.192. The van der Waals surface area contributed by atoms with Crippen molar-refractivity contribution in [3.8, 4) is 28.8 Å². The molecule has 1 aliphatic heterocycles. The molecule has 3 fully saturated rings. The third-order valence-corrected chi connectivity index (χ3v) is 9.63. The Kier molecular flexibility index (Phi) is 10.4. The first-order chi connectivity index (χ1) is 23.2. The molecule has 0 amide bonds. The minimum Gasteiger partial charge on any atom is -0.487 e. The van der Waals surface area contributed by atoms with Gasteiger partial charge in [-0.15, -0.1) is 5.10 Å². The van der Waals surface area contributed by atoms with Crippen molar-refractivity contribution in [2.45, 2.75) is 102 Å². The molecule has 3 heterocycles. The van der Waals surface area contributed by atoms with Gasteiger partial charge in [0.05, 0.1) is 48.5 Å². The largest absolute Gasteiger partial charge is 0.487 e. The first kappa shape index (κ1) is 33.6. The first-order valence-corrected chi connectivity index (χ1v) is 17.1. The van der Waals surface area contributed by atoms with Crippen LogP contribution in [-0.2, 0) is 4.74 Å². The summed E-state index contributed by atoms with van der Waals surface area (Å²) in [4.78, 5) is 11.8. The smallest absolute Gasteiger partial charge is 0.257 e. The number of morpholine rings is 1. The number of hydrogen-bond donors (Lipinski definition) is 4. The molecular formula is C35H47N9O4. The topological polar surface area (TPSA) is 166 Å². The van der Waals surface area contributed by atoms with Crippen LogP contribution in [0.5, 0.6) is 11.6 Å². The van der Waals surface area contributed by atoms with Crippen molar-refractivity contribution in [3.63, 3.8) is 0 Å². The van der Waals surface area contributed by atoms with E-state index in [9.17, 15) is 10.4 Å². The van der Waals surface area contributed by atoms with E-state index in [0.29, 0.717) is 41.4 Å². The van der Waals surface area contributed by atoms with Crippen molar-refractivity contribution in [2.75, 3.05) is 31.6 Å². The van der Waals surface area contributed by atoms with Gasteiger partial charge in [-0.3, -0.25) is 15.0 Å². The SMILES string of the molecule is CC1CN([C@H]2CC[C@H](n3cc(Nc4ncc(-c5ccc(C#N)c(O[C@@H](C)CNC=N)c5)cn4)c(OCC4(O)CCC4)n3)CC2)C[C@@H](C)O1. The Labute approximate surface area is 282 Å². The molecule has 2 aromatic heterocycles. The summed E-state index contributed by atoms with van der Waals surface area (Å²) in [5, 5.41) is 38.4. The zero-order valence-corrected chi connectivity index (χ0v) is 28.1. The van der Waals surface area contributed by atoms with E-state index in [4.69, 9.17) is 24.7 Å². The molecule has 0 bridgehead atoms. The quantitative estimate of drug-likeness (QED) is 0.147. The van der Waals surface area contributed by atoms with Gasteiger partial charge in [-0.1, -0.05) is 6.07 Å². The fourth-order valence-electron chi connectivity index (χ4n) is 6.93. The molecule has 6 rings (SSSR count). The molecule has 48 heavy (non-hydrogen) atoms. The monoisotopic (exact) mass is 657 g/mol. The van der Waals surface area contributed by atoms with E-state index in [-0.39, 0.29) is 31.0 Å². The number of nitriles is 1. The molecule has 3 aromatic rings. The van der Waals surface area contributed by atoms with Crippen molar-refractivity contribution in [3.05, 3.63) is 42.4 Å². The molecule has 4 N–H and O–H groups in total. The summed E-state index contributed by atoms with van der Waals surface area (Å²) in [6.45, 7) is 8.80. The number of benzene rings is 1. The fourth-order valence-corrected chi connectivity index (χ4v) is 6.93. The van der Waals surface area contributed by atoms with E-state index in [1.54, 1.807) is 24.5 Å². The third kappa shape index (κ3) is 8.06. The maximum Gasteiger partial charge on any atom is 0.257 e. The second kappa shape index (κ2) is 14.9. The number of rotatable bonds is 13. The van der Waals surface area contributed by atoms with Gasteiger partial charge < -0.3 is 30.0 Å². The van der Waals surface area contributed by atoms with Gasteiger partial charge in [0.25, 0.3) is 5.88 Å². The van der Waals surface area contributed by atoms with Crippen molar-refractivity contribution in [1.29, 1.82) is 10.7 Å². The third-order valence-electron chi connectivity index (χ3n) is 9.63. The van der Waals surface area contributed by atoms with Crippen LogP contribution in [0.1, 0.15) is 77.3 Å². The Morgan fingerprint density at radius 3 is 2.48 bits per heavy atom. The number of ether oxygens (including phenoxy) is 3. The molecule has 256 valence electrons. The number of aromatic nitrogens is 4. The minimum atomic E-state index is -0.804. The molecule has 1 saturated heterocycles. The number of anilines is 2. The van der Waals surface area contributed by atoms with Gasteiger partial charge in [-0.25, -0.2) is 9.97 Å². The number of nitrogens with one attached hydrogen (secondary N) is 3. The molecule has 2 saturated carbocycles. The molecule has 1 aromatic carbocycles. The lowest BCUT2D eigenvalue weighted by atomic mass is 9.81. The van der Waals surface area contributed by atoms with Crippen LogP contribution in [0.15, 0.2) is 36.8 Å². The zero-order valence-electron chi connectivity index (χ0n) is 28.1. The van der Waals surface area contributed by atoms with Gasteiger partial charge in [0.1, 0.15) is 30.2 Å². The predicted molar refractivity (Wildman–Crippen MR) is 182 cm³/mol. The highest BCUT2D eigenvalue weighted by molar-refractivity contribution is 5.67. The van der Waals surface area contributed by atoms with Gasteiger partial charge in [0.2, 0.25) is 5.95 Å². The van der Waals surface area contributed by atoms with E-state index in [1.807, 2.05) is 23.9 Å². The molecule has 13 nitrogen and oxygen atoms in total. The summed E-state index contributed by atoms with van der Waals surface area (Å²) >= 11 is 0. The molecule has 1 unspecified atom stereocenters. The Balaban J connectivity index is 1.15. The van der Waals surface area contributed by atoms with Crippen LogP contribution in [0, 0.1) is 16.7 Å². The Bertz CT molecular complexity index is 1570. The molecule has 0 spiro atoms. The van der Waals surface area contributed by atoms with Crippen LogP contribution < -0.4 is 20.1 Å². The van der Waals surface area contributed by atoms with Crippen LogP contribution in [0.2, 0.25) is 0 Å². The van der Waals surface area contributed by atoms with E-state index < -0.39 is 5.60 Å². The second-order valence-corrected chi connectivity index (χ2v) is 13.6. The van der Waals surface area contributed by atoms with Crippen molar-refractivity contribution in [2.24, 2.45) is 0 Å². The van der Waals surface area contributed by atoms with Crippen molar-refractivity contribution < 1.29 is 19.3 Å². The lowest BCUT2D eigenvalue weighted by molar-refractivity contribution is -0.0852. The molecular weight excluding hydrogens is 610 g/mol. The maximum atomic E-state index is 10.7. The zero-order chi connectivity index (χ0) is 33.7. The lowest BCUT2D eigenvalue weighted by Gasteiger charge is -2.42. The van der Waals surface area contributed by atoms with Gasteiger partial charge in [0, 0.05) is 37.1 Å². The Morgan fingerprint density at radius 2 is 1.83 bits per heavy atom. The van der Waals surface area contributed by atoms with E-state index in [1.165, 1.54) is 0 Å². The molecule has 13 heteroatoms. The molecule has 3 atom stereocenters. The van der Waals surface area contributed by atoms with E-state index >= 15 is 0 Å². The van der Waals surface area contributed by atoms with E-state index in [2.05, 4.69) is 45.4 Å². The summed E-state index contributed by atoms with van der Waals surface area (Å²) in [6.07, 6.45) is 13.5. The van der Waals surface area contributed by atoms with Crippen LogP contribution in [-0.4, -0.2) is 92.3 Å². The van der Waals surface area contributed by atoms with Gasteiger partial charge >= 0.3 is 0 Å². The van der Waals surface area contributed by atoms with Gasteiger partial charge in [-0.05, 0) is 83.4 Å².